The van der Waals surface area contributed by atoms with E-state index in [0.717, 1.165) is 22.0 Å². The van der Waals surface area contributed by atoms with E-state index in [9.17, 15) is 9.90 Å². The molecule has 0 radical (unpaired) electrons. The lowest BCUT2D eigenvalue weighted by molar-refractivity contribution is 0.0577. The van der Waals surface area contributed by atoms with Gasteiger partial charge < -0.3 is 19.7 Å². The highest BCUT2D eigenvalue weighted by Crippen LogP contribution is 2.35. The summed E-state index contributed by atoms with van der Waals surface area (Å²) in [6.07, 6.45) is -0.678. The molecule has 1 aromatic heterocycles. The van der Waals surface area contributed by atoms with Gasteiger partial charge in [0.05, 0.1) is 25.4 Å². The number of fused-ring (bicyclic) bond motifs is 1. The van der Waals surface area contributed by atoms with Gasteiger partial charge in [0.1, 0.15) is 5.69 Å². The molecule has 1 aliphatic rings. The fourth-order valence-corrected chi connectivity index (χ4v) is 3.63. The molecule has 0 saturated carbocycles. The Balaban J connectivity index is 1.85. The summed E-state index contributed by atoms with van der Waals surface area (Å²) in [5.41, 5.74) is 3.07. The first-order valence-electron chi connectivity index (χ1n) is 8.46. The number of amides is 1. The lowest BCUT2D eigenvalue weighted by Crippen LogP contribution is -2.44. The third-order valence-corrected chi connectivity index (χ3v) is 5.11. The minimum atomic E-state index is -0.678. The van der Waals surface area contributed by atoms with Crippen LogP contribution < -0.4 is 0 Å². The van der Waals surface area contributed by atoms with Crippen LogP contribution in [0.2, 0.25) is 5.02 Å². The lowest BCUT2D eigenvalue weighted by Gasteiger charge is -2.25. The summed E-state index contributed by atoms with van der Waals surface area (Å²) in [4.78, 5) is 18.0. The Kier molecular flexibility index (Phi) is 4.44. The lowest BCUT2D eigenvalue weighted by atomic mass is 10.0. The maximum Gasteiger partial charge on any atom is 0.271 e. The van der Waals surface area contributed by atoms with E-state index in [1.165, 1.54) is 0 Å². The quantitative estimate of drug-likeness (QED) is 0.743. The minimum absolute atomic E-state index is 0.189. The monoisotopic (exact) mass is 370 g/mol. The second-order valence-corrected chi connectivity index (χ2v) is 6.96. The normalized spacial score (nSPS) is 19.8. The highest BCUT2D eigenvalue weighted by molar-refractivity contribution is 6.31. The van der Waals surface area contributed by atoms with Crippen LogP contribution >= 0.6 is 11.6 Å². The van der Waals surface area contributed by atoms with Gasteiger partial charge in [-0.2, -0.15) is 0 Å². The zero-order valence-electron chi connectivity index (χ0n) is 14.3. The van der Waals surface area contributed by atoms with Gasteiger partial charge in [0.25, 0.3) is 5.91 Å². The van der Waals surface area contributed by atoms with E-state index in [1.807, 2.05) is 42.5 Å². The Labute approximate surface area is 156 Å². The summed E-state index contributed by atoms with van der Waals surface area (Å²) in [6, 6.07) is 14.9. The number of nitrogens with one attached hydrogen (secondary N) is 1. The van der Waals surface area contributed by atoms with Crippen LogP contribution in [0.3, 0.4) is 0 Å². The number of H-pyrrole nitrogens is 1. The van der Waals surface area contributed by atoms with Gasteiger partial charge in [-0.3, -0.25) is 4.79 Å². The Morgan fingerprint density at radius 3 is 2.69 bits per heavy atom. The molecule has 3 aromatic rings. The van der Waals surface area contributed by atoms with Gasteiger partial charge in [0, 0.05) is 28.5 Å². The molecule has 2 atom stereocenters. The van der Waals surface area contributed by atoms with E-state index in [-0.39, 0.29) is 18.6 Å². The van der Waals surface area contributed by atoms with Crippen LogP contribution in [0.25, 0.3) is 22.0 Å². The van der Waals surface area contributed by atoms with Crippen LogP contribution in [-0.2, 0) is 4.74 Å². The Morgan fingerprint density at radius 1 is 1.23 bits per heavy atom. The van der Waals surface area contributed by atoms with Gasteiger partial charge in [-0.1, -0.05) is 41.9 Å². The van der Waals surface area contributed by atoms with Crippen molar-refractivity contribution >= 4 is 28.4 Å². The molecule has 134 valence electrons. The van der Waals surface area contributed by atoms with Crippen LogP contribution in [-0.4, -0.2) is 53.3 Å². The molecular weight excluding hydrogens is 352 g/mol. The average Bonchev–Trinajstić information content (AvgIpc) is 3.24. The van der Waals surface area contributed by atoms with E-state index < -0.39 is 6.10 Å². The number of carbonyl (C=O) groups is 1. The predicted octanol–water partition coefficient (Wildman–Crippen LogP) is 3.32. The Morgan fingerprint density at radius 2 is 2.00 bits per heavy atom. The number of benzene rings is 2. The molecule has 4 rings (SSSR count). The third kappa shape index (κ3) is 2.88. The maximum absolute atomic E-state index is 13.2. The molecular formula is C20H19ClN2O3. The van der Waals surface area contributed by atoms with E-state index in [1.54, 1.807) is 18.0 Å². The van der Waals surface area contributed by atoms with Gasteiger partial charge in [-0.05, 0) is 23.8 Å². The largest absolute Gasteiger partial charge is 0.388 e. The predicted molar refractivity (Wildman–Crippen MR) is 101 cm³/mol. The molecule has 0 spiro atoms. The van der Waals surface area contributed by atoms with Crippen molar-refractivity contribution in [2.24, 2.45) is 0 Å². The van der Waals surface area contributed by atoms with Crippen molar-refractivity contribution in [3.63, 3.8) is 0 Å². The standard InChI is InChI=1S/C20H19ClN2O3/c1-23(16-10-26-11-17(16)24)20(25)19-18(12-5-3-2-4-6-12)14-9-13(21)7-8-15(14)22-19/h2-9,16-17,22,24H,10-11H2,1H3/t16-,17-/m0/s1. The van der Waals surface area contributed by atoms with Crippen LogP contribution in [0.1, 0.15) is 10.5 Å². The first kappa shape index (κ1) is 17.1. The molecule has 6 heteroatoms. The van der Waals surface area contributed by atoms with Crippen molar-refractivity contribution in [3.05, 3.63) is 59.2 Å². The maximum atomic E-state index is 13.2. The van der Waals surface area contributed by atoms with E-state index in [4.69, 9.17) is 16.3 Å². The van der Waals surface area contributed by atoms with E-state index in [0.29, 0.717) is 17.3 Å². The molecule has 1 aliphatic heterocycles. The molecule has 0 bridgehead atoms. The van der Waals surface area contributed by atoms with Crippen LogP contribution in [0.15, 0.2) is 48.5 Å². The Bertz CT molecular complexity index is 954. The fraction of sp³-hybridized carbons (Fsp3) is 0.250. The first-order valence-corrected chi connectivity index (χ1v) is 8.83. The average molecular weight is 371 g/mol. The second kappa shape index (κ2) is 6.76. The number of aliphatic hydroxyl groups excluding tert-OH is 1. The molecule has 2 aromatic carbocycles. The van der Waals surface area contributed by atoms with Gasteiger partial charge in [0.15, 0.2) is 0 Å². The number of hydrogen-bond acceptors (Lipinski definition) is 3. The number of rotatable bonds is 3. The van der Waals surface area contributed by atoms with Crippen LogP contribution in [0.5, 0.6) is 0 Å². The number of carbonyl (C=O) groups excluding carboxylic acids is 1. The number of aromatic nitrogens is 1. The summed E-state index contributed by atoms with van der Waals surface area (Å²) >= 11 is 6.19. The molecule has 1 fully saturated rings. The number of nitrogens with zero attached hydrogens (tertiary/aromatic N) is 1. The summed E-state index contributed by atoms with van der Waals surface area (Å²) in [5, 5.41) is 11.6. The second-order valence-electron chi connectivity index (χ2n) is 6.52. The highest BCUT2D eigenvalue weighted by atomic mass is 35.5. The SMILES string of the molecule is CN(C(=O)c1[nH]c2ccc(Cl)cc2c1-c1ccccc1)[C@H]1COC[C@@H]1O. The number of aromatic amines is 1. The van der Waals surface area contributed by atoms with Gasteiger partial charge in [-0.15, -0.1) is 0 Å². The number of ether oxygens (including phenoxy) is 1. The topological polar surface area (TPSA) is 65.6 Å². The van der Waals surface area contributed by atoms with Crippen molar-refractivity contribution < 1.29 is 14.6 Å². The summed E-state index contributed by atoms with van der Waals surface area (Å²) < 4.78 is 5.29. The van der Waals surface area contributed by atoms with Crippen molar-refractivity contribution in [1.29, 1.82) is 0 Å². The zero-order valence-corrected chi connectivity index (χ0v) is 15.0. The summed E-state index contributed by atoms with van der Waals surface area (Å²) in [7, 11) is 1.69. The number of aliphatic hydroxyl groups is 1. The van der Waals surface area contributed by atoms with Gasteiger partial charge >= 0.3 is 0 Å². The molecule has 1 amide bonds. The summed E-state index contributed by atoms with van der Waals surface area (Å²) in [5.74, 6) is -0.189. The number of hydrogen-bond donors (Lipinski definition) is 2. The van der Waals surface area contributed by atoms with E-state index in [2.05, 4.69) is 4.98 Å². The van der Waals surface area contributed by atoms with Crippen molar-refractivity contribution in [3.8, 4) is 11.1 Å². The van der Waals surface area contributed by atoms with Crippen LogP contribution in [0.4, 0.5) is 0 Å². The number of halogens is 1. The van der Waals surface area contributed by atoms with Gasteiger partial charge in [0.2, 0.25) is 0 Å². The third-order valence-electron chi connectivity index (χ3n) is 4.88. The molecule has 1 saturated heterocycles. The molecule has 0 aliphatic carbocycles. The minimum Gasteiger partial charge on any atom is -0.388 e. The molecule has 2 heterocycles. The van der Waals surface area contributed by atoms with Gasteiger partial charge in [-0.25, -0.2) is 0 Å². The fourth-order valence-electron chi connectivity index (χ4n) is 3.46. The smallest absolute Gasteiger partial charge is 0.271 e. The molecule has 26 heavy (non-hydrogen) atoms. The molecule has 2 N–H and O–H groups in total. The van der Waals surface area contributed by atoms with E-state index >= 15 is 0 Å². The van der Waals surface area contributed by atoms with Crippen molar-refractivity contribution in [2.45, 2.75) is 12.1 Å². The zero-order chi connectivity index (χ0) is 18.3. The Hall–Kier alpha value is -2.34. The van der Waals surface area contributed by atoms with Crippen LogP contribution in [0, 0.1) is 0 Å². The van der Waals surface area contributed by atoms with Crippen molar-refractivity contribution in [1.82, 2.24) is 9.88 Å². The number of likely N-dealkylation sites (N-methyl/N-ethyl adjacent to an activating group) is 1. The molecule has 5 nitrogen and oxygen atoms in total. The van der Waals surface area contributed by atoms with Crippen molar-refractivity contribution in [2.75, 3.05) is 20.3 Å². The molecule has 0 unspecified atom stereocenters. The highest BCUT2D eigenvalue weighted by Gasteiger charge is 2.34. The first-order chi connectivity index (χ1) is 12.6. The summed E-state index contributed by atoms with van der Waals surface area (Å²) in [6.45, 7) is 0.576.